The molecule has 5 heteroatoms. The Morgan fingerprint density at radius 1 is 1.21 bits per heavy atom. The molecule has 2 N–H and O–H groups in total. The fourth-order valence-corrected chi connectivity index (χ4v) is 2.14. The molecule has 1 unspecified atom stereocenters. The van der Waals surface area contributed by atoms with E-state index in [4.69, 9.17) is 5.11 Å². The number of piperazine rings is 1. The lowest BCUT2D eigenvalue weighted by molar-refractivity contribution is -0.137. The quantitative estimate of drug-likeness (QED) is 0.858. The second-order valence-corrected chi connectivity index (χ2v) is 5.04. The Morgan fingerprint density at radius 2 is 1.79 bits per heavy atom. The molecule has 0 spiro atoms. The van der Waals surface area contributed by atoms with Crippen molar-refractivity contribution >= 4 is 17.3 Å². The molecule has 0 aromatic heterocycles. The Hall–Kier alpha value is -1.75. The van der Waals surface area contributed by atoms with Crippen LogP contribution in [0, 0.1) is 0 Å². The zero-order valence-electron chi connectivity index (χ0n) is 11.5. The van der Waals surface area contributed by atoms with E-state index in [-0.39, 0.29) is 0 Å². The number of likely N-dealkylation sites (N-methyl/N-ethyl adjacent to an activating group) is 1. The summed E-state index contributed by atoms with van der Waals surface area (Å²) in [7, 11) is 2.14. The minimum atomic E-state index is -0.844. The first kappa shape index (κ1) is 13.7. The molecule has 1 atom stereocenters. The van der Waals surface area contributed by atoms with Crippen LogP contribution in [0.3, 0.4) is 0 Å². The van der Waals surface area contributed by atoms with E-state index in [1.807, 2.05) is 24.3 Å². The van der Waals surface area contributed by atoms with Gasteiger partial charge in [-0.1, -0.05) is 0 Å². The van der Waals surface area contributed by atoms with E-state index in [9.17, 15) is 4.79 Å². The normalized spacial score (nSPS) is 18.1. The smallest absolute Gasteiger partial charge is 0.325 e. The average Bonchev–Trinajstić information content (AvgIpc) is 2.40. The third-order valence-electron chi connectivity index (χ3n) is 3.49. The standard InChI is InChI=1S/C14H21N3O2/c1-11(14(18)19)15-12-3-5-13(6-4-12)17-9-7-16(2)8-10-17/h3-6,11,15H,7-10H2,1-2H3,(H,18,19). The summed E-state index contributed by atoms with van der Waals surface area (Å²) in [4.78, 5) is 15.4. The van der Waals surface area contributed by atoms with E-state index >= 15 is 0 Å². The van der Waals surface area contributed by atoms with E-state index in [0.717, 1.165) is 31.9 Å². The number of benzene rings is 1. The molecule has 0 bridgehead atoms. The van der Waals surface area contributed by atoms with Gasteiger partial charge in [-0.3, -0.25) is 4.79 Å². The Kier molecular flexibility index (Phi) is 4.27. The van der Waals surface area contributed by atoms with Crippen LogP contribution in [0.25, 0.3) is 0 Å². The molecular formula is C14H21N3O2. The van der Waals surface area contributed by atoms with Gasteiger partial charge in [-0.25, -0.2) is 0 Å². The number of hydrogen-bond acceptors (Lipinski definition) is 4. The van der Waals surface area contributed by atoms with Crippen LogP contribution in [-0.4, -0.2) is 55.2 Å². The summed E-state index contributed by atoms with van der Waals surface area (Å²) in [6.45, 7) is 5.87. The van der Waals surface area contributed by atoms with Crippen molar-refractivity contribution in [2.24, 2.45) is 0 Å². The molecule has 0 saturated carbocycles. The molecule has 1 aromatic rings. The lowest BCUT2D eigenvalue weighted by Gasteiger charge is -2.34. The van der Waals surface area contributed by atoms with Gasteiger partial charge in [-0.15, -0.1) is 0 Å². The van der Waals surface area contributed by atoms with Crippen molar-refractivity contribution in [3.8, 4) is 0 Å². The van der Waals surface area contributed by atoms with E-state index in [0.29, 0.717) is 0 Å². The second-order valence-electron chi connectivity index (χ2n) is 5.04. The second kappa shape index (κ2) is 5.93. The summed E-state index contributed by atoms with van der Waals surface area (Å²) >= 11 is 0. The monoisotopic (exact) mass is 263 g/mol. The minimum absolute atomic E-state index is 0.575. The molecule has 0 radical (unpaired) electrons. The minimum Gasteiger partial charge on any atom is -0.480 e. The molecule has 1 heterocycles. The summed E-state index contributed by atoms with van der Waals surface area (Å²) in [6, 6.07) is 7.39. The molecule has 19 heavy (non-hydrogen) atoms. The van der Waals surface area contributed by atoms with Crippen LogP contribution in [0.2, 0.25) is 0 Å². The van der Waals surface area contributed by atoms with Crippen LogP contribution in [0.15, 0.2) is 24.3 Å². The first-order valence-corrected chi connectivity index (χ1v) is 6.59. The maximum Gasteiger partial charge on any atom is 0.325 e. The van der Waals surface area contributed by atoms with Crippen LogP contribution >= 0.6 is 0 Å². The molecule has 5 nitrogen and oxygen atoms in total. The first-order chi connectivity index (χ1) is 9.06. The van der Waals surface area contributed by atoms with E-state index in [1.165, 1.54) is 5.69 Å². The van der Waals surface area contributed by atoms with E-state index in [2.05, 4.69) is 22.2 Å². The highest BCUT2D eigenvalue weighted by atomic mass is 16.4. The van der Waals surface area contributed by atoms with Gasteiger partial charge in [0.25, 0.3) is 0 Å². The van der Waals surface area contributed by atoms with Gasteiger partial charge < -0.3 is 20.2 Å². The van der Waals surface area contributed by atoms with Gasteiger partial charge in [0.2, 0.25) is 0 Å². The number of nitrogens with zero attached hydrogens (tertiary/aromatic N) is 2. The average molecular weight is 263 g/mol. The maximum atomic E-state index is 10.8. The van der Waals surface area contributed by atoms with Gasteiger partial charge in [0.1, 0.15) is 6.04 Å². The van der Waals surface area contributed by atoms with Crippen molar-refractivity contribution in [2.45, 2.75) is 13.0 Å². The summed E-state index contributed by atoms with van der Waals surface area (Å²) in [5, 5.41) is 11.8. The molecule has 0 aliphatic carbocycles. The Bertz CT molecular complexity index is 425. The number of anilines is 2. The Balaban J connectivity index is 1.96. The maximum absolute atomic E-state index is 10.8. The zero-order chi connectivity index (χ0) is 13.8. The number of carbonyl (C=O) groups is 1. The van der Waals surface area contributed by atoms with Crippen molar-refractivity contribution < 1.29 is 9.90 Å². The predicted octanol–water partition coefficient (Wildman–Crippen LogP) is 1.32. The van der Waals surface area contributed by atoms with Gasteiger partial charge >= 0.3 is 5.97 Å². The van der Waals surface area contributed by atoms with Gasteiger partial charge in [-0.2, -0.15) is 0 Å². The molecule has 1 aliphatic rings. The van der Waals surface area contributed by atoms with Gasteiger partial charge in [0, 0.05) is 37.6 Å². The van der Waals surface area contributed by atoms with Crippen LogP contribution in [0.1, 0.15) is 6.92 Å². The third-order valence-corrected chi connectivity index (χ3v) is 3.49. The van der Waals surface area contributed by atoms with E-state index in [1.54, 1.807) is 6.92 Å². The number of rotatable bonds is 4. The third kappa shape index (κ3) is 3.61. The largest absolute Gasteiger partial charge is 0.480 e. The highest BCUT2D eigenvalue weighted by molar-refractivity contribution is 5.76. The summed E-state index contributed by atoms with van der Waals surface area (Å²) in [6.07, 6.45) is 0. The highest BCUT2D eigenvalue weighted by Gasteiger charge is 2.14. The molecular weight excluding hydrogens is 242 g/mol. The lowest BCUT2D eigenvalue weighted by atomic mass is 10.2. The highest BCUT2D eigenvalue weighted by Crippen LogP contribution is 2.19. The van der Waals surface area contributed by atoms with Crippen molar-refractivity contribution in [2.75, 3.05) is 43.4 Å². The van der Waals surface area contributed by atoms with Crippen molar-refractivity contribution in [1.29, 1.82) is 0 Å². The molecule has 104 valence electrons. The van der Waals surface area contributed by atoms with Gasteiger partial charge in [0.15, 0.2) is 0 Å². The molecule has 1 fully saturated rings. The molecule has 1 aliphatic heterocycles. The van der Waals surface area contributed by atoms with Crippen LogP contribution < -0.4 is 10.2 Å². The van der Waals surface area contributed by atoms with Crippen molar-refractivity contribution in [1.82, 2.24) is 4.90 Å². The molecule has 2 rings (SSSR count). The number of nitrogens with one attached hydrogen (secondary N) is 1. The Labute approximate surface area is 113 Å². The first-order valence-electron chi connectivity index (χ1n) is 6.59. The van der Waals surface area contributed by atoms with Crippen molar-refractivity contribution in [3.63, 3.8) is 0 Å². The van der Waals surface area contributed by atoms with Gasteiger partial charge in [-0.05, 0) is 38.2 Å². The number of carboxylic acids is 1. The number of carboxylic acid groups (broad SMARTS) is 1. The van der Waals surface area contributed by atoms with Crippen LogP contribution in [-0.2, 0) is 4.79 Å². The summed E-state index contributed by atoms with van der Waals surface area (Å²) in [5.41, 5.74) is 2.04. The fourth-order valence-electron chi connectivity index (χ4n) is 2.14. The Morgan fingerprint density at radius 3 is 2.32 bits per heavy atom. The topological polar surface area (TPSA) is 55.8 Å². The molecule has 1 saturated heterocycles. The van der Waals surface area contributed by atoms with Crippen molar-refractivity contribution in [3.05, 3.63) is 24.3 Å². The van der Waals surface area contributed by atoms with E-state index < -0.39 is 12.0 Å². The zero-order valence-corrected chi connectivity index (χ0v) is 11.5. The number of aliphatic carboxylic acids is 1. The lowest BCUT2D eigenvalue weighted by Crippen LogP contribution is -2.44. The fraction of sp³-hybridized carbons (Fsp3) is 0.500. The SMILES string of the molecule is CC(Nc1ccc(N2CCN(C)CC2)cc1)C(=O)O. The van der Waals surface area contributed by atoms with Crippen LogP contribution in [0.5, 0.6) is 0 Å². The van der Waals surface area contributed by atoms with Gasteiger partial charge in [0.05, 0.1) is 0 Å². The molecule has 0 amide bonds. The predicted molar refractivity (Wildman–Crippen MR) is 76.9 cm³/mol. The summed E-state index contributed by atoms with van der Waals surface area (Å²) < 4.78 is 0. The number of hydrogen-bond donors (Lipinski definition) is 2. The summed E-state index contributed by atoms with van der Waals surface area (Å²) in [5.74, 6) is -0.844. The molecule has 1 aromatic carbocycles. The van der Waals surface area contributed by atoms with Crippen LogP contribution in [0.4, 0.5) is 11.4 Å².